The van der Waals surface area contributed by atoms with E-state index in [0.29, 0.717) is 16.9 Å². The van der Waals surface area contributed by atoms with Crippen LogP contribution in [0.25, 0.3) is 0 Å². The number of aromatic nitrogens is 1. The number of ether oxygens (including phenoxy) is 1. The van der Waals surface area contributed by atoms with Crippen molar-refractivity contribution in [1.29, 1.82) is 0 Å². The van der Waals surface area contributed by atoms with Crippen LogP contribution in [0.2, 0.25) is 0 Å². The molecule has 0 saturated carbocycles. The molecule has 2 aromatic rings. The van der Waals surface area contributed by atoms with Crippen molar-refractivity contribution < 1.29 is 18.7 Å². The minimum absolute atomic E-state index is 0.0408. The van der Waals surface area contributed by atoms with E-state index in [1.807, 2.05) is 0 Å². The predicted octanol–water partition coefficient (Wildman–Crippen LogP) is 2.54. The van der Waals surface area contributed by atoms with E-state index in [0.717, 1.165) is 25.9 Å². The third-order valence-corrected chi connectivity index (χ3v) is 4.64. The number of carbonyl (C=O) groups excluding carboxylic acids is 2. The number of anilines is 1. The summed E-state index contributed by atoms with van der Waals surface area (Å²) in [6.07, 6.45) is 2.92. The molecule has 1 fully saturated rings. The van der Waals surface area contributed by atoms with Gasteiger partial charge in [-0.05, 0) is 56.3 Å². The highest BCUT2D eigenvalue weighted by Gasteiger charge is 2.27. The lowest BCUT2D eigenvalue weighted by Gasteiger charge is -2.29. The Balaban J connectivity index is 1.85. The van der Waals surface area contributed by atoms with Crippen LogP contribution in [0, 0.1) is 11.7 Å². The second kappa shape index (κ2) is 8.73. The fraction of sp³-hybridized carbons (Fsp3) is 0.350. The third-order valence-electron chi connectivity index (χ3n) is 4.64. The fourth-order valence-electron chi connectivity index (χ4n) is 3.15. The molecule has 0 radical (unpaired) electrons. The number of halogens is 1. The van der Waals surface area contributed by atoms with Crippen molar-refractivity contribution in [2.24, 2.45) is 5.92 Å². The molecule has 0 atom stereocenters. The summed E-state index contributed by atoms with van der Waals surface area (Å²) >= 11 is 0. The molecule has 0 spiro atoms. The van der Waals surface area contributed by atoms with E-state index in [9.17, 15) is 14.0 Å². The first-order valence-electron chi connectivity index (χ1n) is 8.89. The number of nitrogens with one attached hydrogen (secondary N) is 1. The van der Waals surface area contributed by atoms with E-state index < -0.39 is 11.8 Å². The van der Waals surface area contributed by atoms with Gasteiger partial charge in [-0.1, -0.05) is 6.07 Å². The van der Waals surface area contributed by atoms with Crippen molar-refractivity contribution >= 4 is 17.6 Å². The molecule has 1 aliphatic rings. The summed E-state index contributed by atoms with van der Waals surface area (Å²) < 4.78 is 18.4. The quantitative estimate of drug-likeness (QED) is 0.818. The predicted molar refractivity (Wildman–Crippen MR) is 98.8 cm³/mol. The smallest absolute Gasteiger partial charge is 0.339 e. The number of carbonyl (C=O) groups is 2. The zero-order valence-corrected chi connectivity index (χ0v) is 15.2. The van der Waals surface area contributed by atoms with Gasteiger partial charge in [-0.2, -0.15) is 0 Å². The Morgan fingerprint density at radius 3 is 2.67 bits per heavy atom. The molecule has 1 aromatic carbocycles. The maximum absolute atomic E-state index is 13.7. The highest BCUT2D eigenvalue weighted by molar-refractivity contribution is 5.95. The number of rotatable bonds is 5. The molecule has 7 heteroatoms. The standard InChI is InChI=1S/C20H22FN3O3/c1-27-20(26)15-5-6-17(23-12-15)13-24(18-4-2-3-16(21)11-18)19(25)14-7-9-22-10-8-14/h2-6,11-12,14,22H,7-10,13H2,1H3. The average molecular weight is 371 g/mol. The largest absolute Gasteiger partial charge is 0.465 e. The lowest BCUT2D eigenvalue weighted by Crippen LogP contribution is -2.41. The number of amides is 1. The molecule has 2 heterocycles. The topological polar surface area (TPSA) is 71.5 Å². The van der Waals surface area contributed by atoms with Gasteiger partial charge in [-0.3, -0.25) is 9.78 Å². The van der Waals surface area contributed by atoms with Crippen molar-refractivity contribution in [2.45, 2.75) is 19.4 Å². The summed E-state index contributed by atoms with van der Waals surface area (Å²) in [7, 11) is 1.31. The first-order chi connectivity index (χ1) is 13.1. The summed E-state index contributed by atoms with van der Waals surface area (Å²) in [6.45, 7) is 1.78. The van der Waals surface area contributed by atoms with Crippen LogP contribution in [-0.4, -0.2) is 37.1 Å². The average Bonchev–Trinajstić information content (AvgIpc) is 2.72. The number of nitrogens with zero attached hydrogens (tertiary/aromatic N) is 2. The van der Waals surface area contributed by atoms with Gasteiger partial charge in [0.25, 0.3) is 0 Å². The molecular weight excluding hydrogens is 349 g/mol. The summed E-state index contributed by atoms with van der Waals surface area (Å²) in [6, 6.07) is 9.27. The fourth-order valence-corrected chi connectivity index (χ4v) is 3.15. The maximum Gasteiger partial charge on any atom is 0.339 e. The Bertz CT molecular complexity index is 804. The van der Waals surface area contributed by atoms with Gasteiger partial charge >= 0.3 is 5.97 Å². The van der Waals surface area contributed by atoms with Crippen LogP contribution in [0.5, 0.6) is 0 Å². The van der Waals surface area contributed by atoms with Gasteiger partial charge < -0.3 is 15.0 Å². The Morgan fingerprint density at radius 2 is 2.04 bits per heavy atom. The molecule has 1 aliphatic heterocycles. The van der Waals surface area contributed by atoms with Crippen LogP contribution in [0.4, 0.5) is 10.1 Å². The van der Waals surface area contributed by atoms with E-state index >= 15 is 0 Å². The van der Waals surface area contributed by atoms with Crippen LogP contribution in [0.1, 0.15) is 28.9 Å². The minimum Gasteiger partial charge on any atom is -0.465 e. The molecule has 0 aliphatic carbocycles. The van der Waals surface area contributed by atoms with Crippen LogP contribution >= 0.6 is 0 Å². The molecule has 1 N–H and O–H groups in total. The Hall–Kier alpha value is -2.80. The number of pyridine rings is 1. The van der Waals surface area contributed by atoms with Crippen molar-refractivity contribution in [3.63, 3.8) is 0 Å². The number of piperidine rings is 1. The molecule has 0 unspecified atom stereocenters. The maximum atomic E-state index is 13.7. The van der Waals surface area contributed by atoms with E-state index in [1.54, 1.807) is 29.2 Å². The van der Waals surface area contributed by atoms with Crippen LogP contribution in [-0.2, 0) is 16.1 Å². The van der Waals surface area contributed by atoms with Gasteiger partial charge in [0.2, 0.25) is 5.91 Å². The van der Waals surface area contributed by atoms with Crippen LogP contribution < -0.4 is 10.2 Å². The van der Waals surface area contributed by atoms with Gasteiger partial charge in [0.1, 0.15) is 5.82 Å². The highest BCUT2D eigenvalue weighted by Crippen LogP contribution is 2.24. The normalized spacial score (nSPS) is 14.6. The third kappa shape index (κ3) is 4.68. The van der Waals surface area contributed by atoms with Crippen molar-refractivity contribution in [3.05, 3.63) is 59.7 Å². The van der Waals surface area contributed by atoms with E-state index in [1.165, 1.54) is 25.4 Å². The number of hydrogen-bond donors (Lipinski definition) is 1. The second-order valence-electron chi connectivity index (χ2n) is 6.46. The monoisotopic (exact) mass is 371 g/mol. The summed E-state index contributed by atoms with van der Waals surface area (Å²) in [5, 5.41) is 3.24. The van der Waals surface area contributed by atoms with Crippen LogP contribution in [0.15, 0.2) is 42.6 Å². The Morgan fingerprint density at radius 1 is 1.26 bits per heavy atom. The van der Waals surface area contributed by atoms with Gasteiger partial charge in [0, 0.05) is 17.8 Å². The summed E-state index contributed by atoms with van der Waals surface area (Å²) in [5.74, 6) is -1.02. The van der Waals surface area contributed by atoms with E-state index in [2.05, 4.69) is 15.0 Å². The molecule has 27 heavy (non-hydrogen) atoms. The number of hydrogen-bond acceptors (Lipinski definition) is 5. The molecule has 1 saturated heterocycles. The molecule has 6 nitrogen and oxygen atoms in total. The SMILES string of the molecule is COC(=O)c1ccc(CN(C(=O)C2CCNCC2)c2cccc(F)c2)nc1. The van der Waals surface area contributed by atoms with Gasteiger partial charge in [0.05, 0.1) is 24.9 Å². The molecule has 1 aromatic heterocycles. The second-order valence-corrected chi connectivity index (χ2v) is 6.46. The van der Waals surface area contributed by atoms with Gasteiger partial charge in [-0.25, -0.2) is 9.18 Å². The van der Waals surface area contributed by atoms with Gasteiger partial charge in [-0.15, -0.1) is 0 Å². The van der Waals surface area contributed by atoms with Gasteiger partial charge in [0.15, 0.2) is 0 Å². The van der Waals surface area contributed by atoms with E-state index in [-0.39, 0.29) is 18.4 Å². The first kappa shape index (κ1) is 19.0. The van der Waals surface area contributed by atoms with Crippen LogP contribution in [0.3, 0.4) is 0 Å². The van der Waals surface area contributed by atoms with E-state index in [4.69, 9.17) is 0 Å². The molecule has 0 bridgehead atoms. The molecule has 3 rings (SSSR count). The molecule has 142 valence electrons. The number of esters is 1. The molecule has 1 amide bonds. The zero-order chi connectivity index (χ0) is 19.2. The molecular formula is C20H22FN3O3. The van der Waals surface area contributed by atoms with Crippen molar-refractivity contribution in [2.75, 3.05) is 25.1 Å². The number of methoxy groups -OCH3 is 1. The van der Waals surface area contributed by atoms with Crippen molar-refractivity contribution in [1.82, 2.24) is 10.3 Å². The Kier molecular flexibility index (Phi) is 6.13. The lowest BCUT2D eigenvalue weighted by atomic mass is 9.96. The lowest BCUT2D eigenvalue weighted by molar-refractivity contribution is -0.123. The zero-order valence-electron chi connectivity index (χ0n) is 15.2. The highest BCUT2D eigenvalue weighted by atomic mass is 19.1. The Labute approximate surface area is 157 Å². The summed E-state index contributed by atoms with van der Waals surface area (Å²) in [5.41, 5.74) is 1.44. The van der Waals surface area contributed by atoms with Crippen molar-refractivity contribution in [3.8, 4) is 0 Å². The first-order valence-corrected chi connectivity index (χ1v) is 8.89. The number of benzene rings is 1. The summed E-state index contributed by atoms with van der Waals surface area (Å²) in [4.78, 5) is 30.5. The minimum atomic E-state index is -0.471.